The topological polar surface area (TPSA) is 71.2 Å². The maximum absolute atomic E-state index is 12.0. The maximum Gasteiger partial charge on any atom is 0.263 e. The van der Waals surface area contributed by atoms with Gasteiger partial charge in [-0.05, 0) is 39.9 Å². The lowest BCUT2D eigenvalue weighted by Crippen LogP contribution is -2.43. The number of hydrogen-bond donors (Lipinski definition) is 2. The molecule has 1 aliphatic rings. The number of aryl methyl sites for hydroxylation is 1. The van der Waals surface area contributed by atoms with Crippen LogP contribution in [0, 0.1) is 6.92 Å². The van der Waals surface area contributed by atoms with E-state index in [4.69, 9.17) is 5.73 Å². The molecule has 0 bridgehead atoms. The summed E-state index contributed by atoms with van der Waals surface area (Å²) in [6.07, 6.45) is 2.02. The molecule has 5 nitrogen and oxygen atoms in total. The quantitative estimate of drug-likeness (QED) is 0.821. The molecule has 0 spiro atoms. The van der Waals surface area contributed by atoms with E-state index in [2.05, 4.69) is 22.2 Å². The van der Waals surface area contributed by atoms with Crippen LogP contribution in [-0.4, -0.2) is 42.0 Å². The molecule has 6 heteroatoms. The number of carbonyl (C=O) groups is 1. The number of nitrogens with two attached hydrogens (primary N) is 1. The predicted molar refractivity (Wildman–Crippen MR) is 69.2 cm³/mol. The highest BCUT2D eigenvalue weighted by atomic mass is 32.1. The minimum absolute atomic E-state index is 0.0359. The summed E-state index contributed by atoms with van der Waals surface area (Å²) in [5.41, 5.74) is 6.31. The second-order valence-corrected chi connectivity index (χ2v) is 5.55. The average Bonchev–Trinajstić information content (AvgIpc) is 2.61. The first-order chi connectivity index (χ1) is 8.06. The van der Waals surface area contributed by atoms with Crippen molar-refractivity contribution in [1.82, 2.24) is 15.2 Å². The van der Waals surface area contributed by atoms with Gasteiger partial charge in [-0.1, -0.05) is 11.3 Å². The molecule has 3 N–H and O–H groups in total. The maximum atomic E-state index is 12.0. The van der Waals surface area contributed by atoms with Crippen LogP contribution in [0.3, 0.4) is 0 Å². The lowest BCUT2D eigenvalue weighted by Gasteiger charge is -2.29. The van der Waals surface area contributed by atoms with E-state index in [-0.39, 0.29) is 11.9 Å². The van der Waals surface area contributed by atoms with Gasteiger partial charge in [-0.15, -0.1) is 0 Å². The third-order valence-electron chi connectivity index (χ3n) is 3.07. The molecule has 1 aliphatic heterocycles. The highest BCUT2D eigenvalue weighted by Crippen LogP contribution is 2.20. The molecule has 0 radical (unpaired) electrons. The molecule has 94 valence electrons. The molecule has 0 saturated carbocycles. The second-order valence-electron chi connectivity index (χ2n) is 4.52. The Morgan fingerprint density at radius 3 is 2.71 bits per heavy atom. The monoisotopic (exact) mass is 254 g/mol. The number of aromatic nitrogens is 1. The van der Waals surface area contributed by atoms with Gasteiger partial charge in [0.25, 0.3) is 5.91 Å². The first kappa shape index (κ1) is 12.3. The largest absolute Gasteiger partial charge is 0.375 e. The summed E-state index contributed by atoms with van der Waals surface area (Å²) in [7, 11) is 2.10. The molecule has 0 unspecified atom stereocenters. The second kappa shape index (κ2) is 5.01. The van der Waals surface area contributed by atoms with Crippen LogP contribution in [0.1, 0.15) is 28.2 Å². The third-order valence-corrected chi connectivity index (χ3v) is 4.06. The smallest absolute Gasteiger partial charge is 0.263 e. The van der Waals surface area contributed by atoms with Gasteiger partial charge in [-0.25, -0.2) is 4.98 Å². The highest BCUT2D eigenvalue weighted by Gasteiger charge is 2.21. The zero-order valence-corrected chi connectivity index (χ0v) is 11.0. The van der Waals surface area contributed by atoms with E-state index in [1.165, 1.54) is 11.3 Å². The number of carbonyl (C=O) groups excluding carboxylic acids is 1. The van der Waals surface area contributed by atoms with Gasteiger partial charge in [0.15, 0.2) is 5.13 Å². The van der Waals surface area contributed by atoms with Crippen molar-refractivity contribution < 1.29 is 4.79 Å². The number of nitrogens with one attached hydrogen (secondary N) is 1. The minimum Gasteiger partial charge on any atom is -0.375 e. The normalized spacial score (nSPS) is 18.2. The molecule has 1 saturated heterocycles. The van der Waals surface area contributed by atoms with Crippen LogP contribution >= 0.6 is 11.3 Å². The molecule has 17 heavy (non-hydrogen) atoms. The van der Waals surface area contributed by atoms with E-state index < -0.39 is 0 Å². The van der Waals surface area contributed by atoms with Crippen molar-refractivity contribution >= 4 is 22.4 Å². The summed E-state index contributed by atoms with van der Waals surface area (Å²) < 4.78 is 0. The van der Waals surface area contributed by atoms with Gasteiger partial charge in [-0.2, -0.15) is 0 Å². The molecule has 1 aromatic heterocycles. The van der Waals surface area contributed by atoms with Crippen molar-refractivity contribution in [3.8, 4) is 0 Å². The van der Waals surface area contributed by atoms with Crippen molar-refractivity contribution in [1.29, 1.82) is 0 Å². The summed E-state index contributed by atoms with van der Waals surface area (Å²) >= 11 is 1.26. The zero-order valence-electron chi connectivity index (χ0n) is 10.2. The van der Waals surface area contributed by atoms with Crippen LogP contribution in [0.5, 0.6) is 0 Å². The summed E-state index contributed by atoms with van der Waals surface area (Å²) in [6, 6.07) is 0.279. The fourth-order valence-corrected chi connectivity index (χ4v) is 2.77. The van der Waals surface area contributed by atoms with Crippen molar-refractivity contribution in [2.75, 3.05) is 25.9 Å². The third kappa shape index (κ3) is 2.95. The highest BCUT2D eigenvalue weighted by molar-refractivity contribution is 7.17. The van der Waals surface area contributed by atoms with Crippen LogP contribution < -0.4 is 11.1 Å². The summed E-state index contributed by atoms with van der Waals surface area (Å²) in [5, 5.41) is 3.51. The summed E-state index contributed by atoms with van der Waals surface area (Å²) in [5.74, 6) is -0.0359. The van der Waals surface area contributed by atoms with Gasteiger partial charge < -0.3 is 16.0 Å². The van der Waals surface area contributed by atoms with E-state index in [9.17, 15) is 4.79 Å². The fourth-order valence-electron chi connectivity index (χ4n) is 2.03. The molecule has 2 heterocycles. The SMILES string of the molecule is Cc1nc(N)sc1C(=O)NC1CCN(C)CC1. The van der Waals surface area contributed by atoms with Gasteiger partial charge in [0.1, 0.15) is 4.88 Å². The number of rotatable bonds is 2. The van der Waals surface area contributed by atoms with Crippen LogP contribution in [0.4, 0.5) is 5.13 Å². The van der Waals surface area contributed by atoms with Gasteiger partial charge >= 0.3 is 0 Å². The molecule has 1 fully saturated rings. The summed E-state index contributed by atoms with van der Waals surface area (Å²) in [4.78, 5) is 19.0. The molecule has 0 aliphatic carbocycles. The first-order valence-corrected chi connectivity index (χ1v) is 6.60. The summed E-state index contributed by atoms with van der Waals surface area (Å²) in [6.45, 7) is 3.89. The Labute approximate surface area is 105 Å². The lowest BCUT2D eigenvalue weighted by molar-refractivity contribution is 0.0920. The molecule has 2 rings (SSSR count). The van der Waals surface area contributed by atoms with Gasteiger partial charge in [0.05, 0.1) is 5.69 Å². The van der Waals surface area contributed by atoms with E-state index in [0.29, 0.717) is 10.0 Å². The first-order valence-electron chi connectivity index (χ1n) is 5.78. The molecule has 0 aromatic carbocycles. The average molecular weight is 254 g/mol. The number of nitrogens with zero attached hydrogens (tertiary/aromatic N) is 2. The molecular weight excluding hydrogens is 236 g/mol. The molecular formula is C11H18N4OS. The van der Waals surface area contributed by atoms with Crippen LogP contribution in [0.2, 0.25) is 0 Å². The Kier molecular flexibility index (Phi) is 3.63. The van der Waals surface area contributed by atoms with E-state index in [0.717, 1.165) is 31.6 Å². The number of anilines is 1. The zero-order chi connectivity index (χ0) is 12.4. The Balaban J connectivity index is 1.95. The van der Waals surface area contributed by atoms with Crippen molar-refractivity contribution in [2.45, 2.75) is 25.8 Å². The number of piperidine rings is 1. The standard InChI is InChI=1S/C11H18N4OS/c1-7-9(17-11(12)13-7)10(16)14-8-3-5-15(2)6-4-8/h8H,3-6H2,1-2H3,(H2,12,13)(H,14,16). The van der Waals surface area contributed by atoms with Crippen molar-refractivity contribution in [3.05, 3.63) is 10.6 Å². The van der Waals surface area contributed by atoms with E-state index >= 15 is 0 Å². The van der Waals surface area contributed by atoms with Crippen LogP contribution in [0.15, 0.2) is 0 Å². The number of nitrogen functional groups attached to an aromatic ring is 1. The number of thiazole rings is 1. The van der Waals surface area contributed by atoms with Gasteiger partial charge in [0, 0.05) is 6.04 Å². The van der Waals surface area contributed by atoms with Crippen LogP contribution in [-0.2, 0) is 0 Å². The van der Waals surface area contributed by atoms with Gasteiger partial charge in [0.2, 0.25) is 0 Å². The van der Waals surface area contributed by atoms with Crippen molar-refractivity contribution in [3.63, 3.8) is 0 Å². The van der Waals surface area contributed by atoms with Crippen molar-refractivity contribution in [2.24, 2.45) is 0 Å². The Bertz CT molecular complexity index is 410. The number of amides is 1. The Morgan fingerprint density at radius 2 is 2.18 bits per heavy atom. The Morgan fingerprint density at radius 1 is 1.53 bits per heavy atom. The molecule has 1 amide bonds. The van der Waals surface area contributed by atoms with Gasteiger partial charge in [-0.3, -0.25) is 4.79 Å². The number of hydrogen-bond acceptors (Lipinski definition) is 5. The van der Waals surface area contributed by atoms with E-state index in [1.807, 2.05) is 6.92 Å². The fraction of sp³-hybridized carbons (Fsp3) is 0.636. The molecule has 0 atom stereocenters. The molecule has 1 aromatic rings. The number of likely N-dealkylation sites (tertiary alicyclic amines) is 1. The minimum atomic E-state index is -0.0359. The predicted octanol–water partition coefficient (Wildman–Crippen LogP) is 0.858. The van der Waals surface area contributed by atoms with Crippen LogP contribution in [0.25, 0.3) is 0 Å². The Hall–Kier alpha value is -1.14. The lowest BCUT2D eigenvalue weighted by atomic mass is 10.1. The van der Waals surface area contributed by atoms with E-state index in [1.54, 1.807) is 0 Å².